The van der Waals surface area contributed by atoms with Gasteiger partial charge in [-0.1, -0.05) is 18.5 Å². The van der Waals surface area contributed by atoms with Crippen LogP contribution in [0.3, 0.4) is 0 Å². The first-order valence-corrected chi connectivity index (χ1v) is 7.18. The van der Waals surface area contributed by atoms with Crippen LogP contribution in [0.15, 0.2) is 23.0 Å². The van der Waals surface area contributed by atoms with E-state index in [0.717, 1.165) is 16.6 Å². The Balaban J connectivity index is 2.27. The molecule has 0 saturated heterocycles. The predicted octanol–water partition coefficient (Wildman–Crippen LogP) is 3.76. The van der Waals surface area contributed by atoms with E-state index in [-0.39, 0.29) is 24.1 Å². The van der Waals surface area contributed by atoms with Gasteiger partial charge in [0.15, 0.2) is 0 Å². The van der Waals surface area contributed by atoms with Gasteiger partial charge < -0.3 is 9.88 Å². The van der Waals surface area contributed by atoms with Gasteiger partial charge in [-0.3, -0.25) is 4.79 Å². The van der Waals surface area contributed by atoms with Gasteiger partial charge in [0.1, 0.15) is 0 Å². The second-order valence-corrected chi connectivity index (χ2v) is 5.88. The van der Waals surface area contributed by atoms with Crippen LogP contribution in [0.25, 0.3) is 10.9 Å². The van der Waals surface area contributed by atoms with E-state index < -0.39 is 6.43 Å². The number of aromatic amines is 1. The fourth-order valence-corrected chi connectivity index (χ4v) is 3.48. The molecule has 21 heavy (non-hydrogen) atoms. The van der Waals surface area contributed by atoms with Gasteiger partial charge in [-0.25, -0.2) is 8.78 Å². The van der Waals surface area contributed by atoms with Gasteiger partial charge in [0.25, 0.3) is 6.43 Å². The summed E-state index contributed by atoms with van der Waals surface area (Å²) in [6.45, 7) is 3.62. The zero-order chi connectivity index (χ0) is 15.3. The molecule has 1 aromatic heterocycles. The molecule has 0 aliphatic carbocycles. The molecule has 1 aliphatic heterocycles. The standard InChI is InChI=1S/C15H15ClF2N2O/c1-7-8(2)20(6-12(17)18)11-4-3-10-15(14(7)11)9(16)5-13(21)19-10/h3-5,7-8,12H,6H2,1-2H3,(H,19,21). The van der Waals surface area contributed by atoms with Crippen LogP contribution < -0.4 is 10.5 Å². The molecule has 3 rings (SSSR count). The van der Waals surface area contributed by atoms with Crippen molar-refractivity contribution in [3.8, 4) is 0 Å². The predicted molar refractivity (Wildman–Crippen MR) is 80.8 cm³/mol. The van der Waals surface area contributed by atoms with E-state index in [1.807, 2.05) is 13.8 Å². The van der Waals surface area contributed by atoms with Crippen LogP contribution in [0.4, 0.5) is 14.5 Å². The van der Waals surface area contributed by atoms with Crippen molar-refractivity contribution in [3.63, 3.8) is 0 Å². The highest BCUT2D eigenvalue weighted by molar-refractivity contribution is 6.35. The van der Waals surface area contributed by atoms with E-state index in [1.54, 1.807) is 17.0 Å². The van der Waals surface area contributed by atoms with Gasteiger partial charge in [-0.05, 0) is 24.6 Å². The third kappa shape index (κ3) is 2.20. The number of hydrogen-bond donors (Lipinski definition) is 1. The lowest BCUT2D eigenvalue weighted by atomic mass is 9.94. The van der Waals surface area contributed by atoms with Crippen molar-refractivity contribution in [2.45, 2.75) is 32.2 Å². The van der Waals surface area contributed by atoms with Crippen molar-refractivity contribution in [2.75, 3.05) is 11.4 Å². The highest BCUT2D eigenvalue weighted by Gasteiger charge is 2.35. The molecule has 1 N–H and O–H groups in total. The summed E-state index contributed by atoms with van der Waals surface area (Å²) in [6.07, 6.45) is -2.40. The number of H-pyrrole nitrogens is 1. The quantitative estimate of drug-likeness (QED) is 0.916. The maximum absolute atomic E-state index is 12.8. The van der Waals surface area contributed by atoms with Crippen molar-refractivity contribution in [1.29, 1.82) is 0 Å². The summed E-state index contributed by atoms with van der Waals surface area (Å²) >= 11 is 6.23. The molecular formula is C15H15ClF2N2O. The number of nitrogens with one attached hydrogen (secondary N) is 1. The minimum Gasteiger partial charge on any atom is -0.362 e. The van der Waals surface area contributed by atoms with E-state index in [4.69, 9.17) is 11.6 Å². The van der Waals surface area contributed by atoms with Gasteiger partial charge in [-0.2, -0.15) is 0 Å². The number of halogens is 3. The number of aromatic nitrogens is 1. The maximum atomic E-state index is 12.8. The molecule has 2 aromatic rings. The van der Waals surface area contributed by atoms with Gasteiger partial charge in [0, 0.05) is 29.1 Å². The summed E-state index contributed by atoms with van der Waals surface area (Å²) in [6, 6.07) is 4.80. The minimum atomic E-state index is -2.40. The third-order valence-corrected chi connectivity index (χ3v) is 4.59. The number of nitrogens with zero attached hydrogens (tertiary/aromatic N) is 1. The first-order valence-electron chi connectivity index (χ1n) is 6.80. The van der Waals surface area contributed by atoms with Gasteiger partial charge in [0.2, 0.25) is 5.56 Å². The molecule has 1 aliphatic rings. The molecule has 0 bridgehead atoms. The summed E-state index contributed by atoms with van der Waals surface area (Å²) < 4.78 is 25.6. The van der Waals surface area contributed by atoms with Crippen LogP contribution in [0.2, 0.25) is 5.02 Å². The average Bonchev–Trinajstić information content (AvgIpc) is 2.63. The number of benzene rings is 1. The van der Waals surface area contributed by atoms with Crippen LogP contribution in [0, 0.1) is 0 Å². The Hall–Kier alpha value is -1.62. The maximum Gasteiger partial charge on any atom is 0.255 e. The molecule has 0 amide bonds. The van der Waals surface area contributed by atoms with Crippen molar-refractivity contribution in [2.24, 2.45) is 0 Å². The summed E-state index contributed by atoms with van der Waals surface area (Å²) in [5.74, 6) is 0.0610. The van der Waals surface area contributed by atoms with Crippen LogP contribution in [-0.2, 0) is 0 Å². The molecule has 0 fully saturated rings. The van der Waals surface area contributed by atoms with Crippen LogP contribution in [0.5, 0.6) is 0 Å². The Morgan fingerprint density at radius 2 is 2.10 bits per heavy atom. The SMILES string of the molecule is CC1c2c(ccc3[nH]c(=O)cc(Cl)c23)N(CC(F)F)C1C. The number of anilines is 1. The van der Waals surface area contributed by atoms with Crippen LogP contribution >= 0.6 is 11.6 Å². The molecule has 0 spiro atoms. The normalized spacial score (nSPS) is 21.3. The van der Waals surface area contributed by atoms with E-state index in [1.165, 1.54) is 6.07 Å². The van der Waals surface area contributed by atoms with Gasteiger partial charge in [-0.15, -0.1) is 0 Å². The zero-order valence-corrected chi connectivity index (χ0v) is 12.4. The number of hydrogen-bond acceptors (Lipinski definition) is 2. The Kier molecular flexibility index (Phi) is 3.40. The smallest absolute Gasteiger partial charge is 0.255 e. The Labute approximate surface area is 125 Å². The molecule has 6 heteroatoms. The molecule has 3 nitrogen and oxygen atoms in total. The summed E-state index contributed by atoms with van der Waals surface area (Å²) in [5, 5.41) is 1.12. The van der Waals surface area contributed by atoms with Crippen LogP contribution in [-0.4, -0.2) is 24.0 Å². The van der Waals surface area contributed by atoms with Gasteiger partial charge >= 0.3 is 0 Å². The Bertz CT molecular complexity index is 759. The Morgan fingerprint density at radius 1 is 1.38 bits per heavy atom. The number of rotatable bonds is 2. The highest BCUT2D eigenvalue weighted by Crippen LogP contribution is 2.45. The number of pyridine rings is 1. The fraction of sp³-hybridized carbons (Fsp3) is 0.400. The van der Waals surface area contributed by atoms with E-state index in [9.17, 15) is 13.6 Å². The molecule has 2 heterocycles. The first-order chi connectivity index (χ1) is 9.90. The van der Waals surface area contributed by atoms with Gasteiger partial charge in [0.05, 0.1) is 17.1 Å². The third-order valence-electron chi connectivity index (χ3n) is 4.29. The molecule has 2 unspecified atom stereocenters. The fourth-order valence-electron chi connectivity index (χ4n) is 3.18. The summed E-state index contributed by atoms with van der Waals surface area (Å²) in [7, 11) is 0. The molecular weight excluding hydrogens is 298 g/mol. The number of alkyl halides is 2. The summed E-state index contributed by atoms with van der Waals surface area (Å²) in [4.78, 5) is 16.0. The number of fused-ring (bicyclic) bond motifs is 3. The van der Waals surface area contributed by atoms with E-state index >= 15 is 0 Å². The molecule has 1 aromatic carbocycles. The second kappa shape index (κ2) is 4.98. The Morgan fingerprint density at radius 3 is 2.76 bits per heavy atom. The van der Waals surface area contributed by atoms with E-state index in [0.29, 0.717) is 10.5 Å². The monoisotopic (exact) mass is 312 g/mol. The van der Waals surface area contributed by atoms with Crippen molar-refractivity contribution >= 4 is 28.2 Å². The lowest BCUT2D eigenvalue weighted by molar-refractivity contribution is 0.152. The lowest BCUT2D eigenvalue weighted by Gasteiger charge is -2.25. The van der Waals surface area contributed by atoms with Crippen molar-refractivity contribution < 1.29 is 8.78 Å². The van der Waals surface area contributed by atoms with Crippen molar-refractivity contribution in [3.05, 3.63) is 39.1 Å². The molecule has 2 atom stereocenters. The van der Waals surface area contributed by atoms with Crippen molar-refractivity contribution in [1.82, 2.24) is 4.98 Å². The zero-order valence-electron chi connectivity index (χ0n) is 11.7. The molecule has 112 valence electrons. The lowest BCUT2D eigenvalue weighted by Crippen LogP contribution is -2.34. The molecule has 0 radical (unpaired) electrons. The first kappa shape index (κ1) is 14.3. The summed E-state index contributed by atoms with van der Waals surface area (Å²) in [5.41, 5.74) is 2.08. The molecule has 0 saturated carbocycles. The average molecular weight is 313 g/mol. The minimum absolute atomic E-state index is 0.0393. The highest BCUT2D eigenvalue weighted by atomic mass is 35.5. The largest absolute Gasteiger partial charge is 0.362 e. The van der Waals surface area contributed by atoms with E-state index in [2.05, 4.69) is 4.98 Å². The second-order valence-electron chi connectivity index (χ2n) is 5.48. The van der Waals surface area contributed by atoms with Crippen LogP contribution in [0.1, 0.15) is 25.3 Å². The topological polar surface area (TPSA) is 36.1 Å².